The average molecular weight is 432 g/mol. The molecule has 0 aliphatic carbocycles. The van der Waals surface area contributed by atoms with Crippen molar-refractivity contribution in [2.45, 2.75) is 33.6 Å². The predicted molar refractivity (Wildman–Crippen MR) is 134 cm³/mol. The summed E-state index contributed by atoms with van der Waals surface area (Å²) in [4.78, 5) is 15.7. The van der Waals surface area contributed by atoms with Gasteiger partial charge in [0.05, 0.1) is 4.92 Å². The van der Waals surface area contributed by atoms with Crippen LogP contribution in [0.3, 0.4) is 0 Å². The lowest BCUT2D eigenvalue weighted by Gasteiger charge is -2.24. The number of hydrogen-bond acceptors (Lipinski definition) is 4. The molecule has 0 saturated carbocycles. The van der Waals surface area contributed by atoms with Crippen molar-refractivity contribution >= 4 is 17.1 Å². The van der Waals surface area contributed by atoms with Gasteiger partial charge in [0.1, 0.15) is 0 Å². The second kappa shape index (κ2) is 10.8. The summed E-state index contributed by atoms with van der Waals surface area (Å²) < 4.78 is 0. The van der Waals surface area contributed by atoms with E-state index in [4.69, 9.17) is 0 Å². The van der Waals surface area contributed by atoms with Gasteiger partial charge in [0.15, 0.2) is 0 Å². The Morgan fingerprint density at radius 2 is 1.12 bits per heavy atom. The first-order valence-electron chi connectivity index (χ1n) is 11.5. The second-order valence-electron chi connectivity index (χ2n) is 7.81. The molecule has 0 atom stereocenters. The van der Waals surface area contributed by atoms with Crippen LogP contribution in [0.5, 0.6) is 0 Å². The van der Waals surface area contributed by atoms with E-state index in [1.807, 2.05) is 6.07 Å². The summed E-state index contributed by atoms with van der Waals surface area (Å²) >= 11 is 0. The Kier molecular flexibility index (Phi) is 7.87. The van der Waals surface area contributed by atoms with Gasteiger partial charge in [-0.3, -0.25) is 10.1 Å². The normalized spacial score (nSPS) is 10.9. The van der Waals surface area contributed by atoms with Crippen LogP contribution in [-0.2, 0) is 0 Å². The Hall–Kier alpha value is -3.34. The Morgan fingerprint density at radius 3 is 1.50 bits per heavy atom. The molecule has 0 bridgehead atoms. The van der Waals surface area contributed by atoms with Gasteiger partial charge in [-0.05, 0) is 68.7 Å². The van der Waals surface area contributed by atoms with E-state index in [-0.39, 0.29) is 16.5 Å². The van der Waals surface area contributed by atoms with Gasteiger partial charge in [0.2, 0.25) is 0 Å². The maximum Gasteiger partial charge on any atom is 0.269 e. The van der Waals surface area contributed by atoms with Crippen LogP contribution < -0.4 is 9.80 Å². The van der Waals surface area contributed by atoms with Crippen LogP contribution in [0.2, 0.25) is 0 Å². The highest BCUT2D eigenvalue weighted by Crippen LogP contribution is 2.35. The molecule has 3 aromatic rings. The summed E-state index contributed by atoms with van der Waals surface area (Å²) in [6, 6.07) is 24.2. The van der Waals surface area contributed by atoms with Crippen LogP contribution in [0.1, 0.15) is 50.3 Å². The zero-order valence-corrected chi connectivity index (χ0v) is 19.5. The van der Waals surface area contributed by atoms with Crippen LogP contribution in [0.15, 0.2) is 72.8 Å². The fourth-order valence-corrected chi connectivity index (χ4v) is 4.33. The zero-order valence-electron chi connectivity index (χ0n) is 19.5. The minimum absolute atomic E-state index is 0.0774. The van der Waals surface area contributed by atoms with Gasteiger partial charge in [0.25, 0.3) is 5.69 Å². The van der Waals surface area contributed by atoms with Crippen molar-refractivity contribution in [1.82, 2.24) is 0 Å². The molecule has 0 aromatic heterocycles. The van der Waals surface area contributed by atoms with E-state index in [9.17, 15) is 10.1 Å². The van der Waals surface area contributed by atoms with Gasteiger partial charge in [-0.1, -0.05) is 36.4 Å². The number of nitrogens with zero attached hydrogens (tertiary/aromatic N) is 3. The Labute approximate surface area is 191 Å². The molecule has 0 aliphatic heterocycles. The number of hydrogen-bond donors (Lipinski definition) is 0. The first kappa shape index (κ1) is 23.3. The molecule has 5 nitrogen and oxygen atoms in total. The lowest BCUT2D eigenvalue weighted by atomic mass is 9.84. The molecule has 0 radical (unpaired) electrons. The summed E-state index contributed by atoms with van der Waals surface area (Å²) in [5.74, 6) is -0.0774. The number of nitro benzene ring substituents is 1. The molecule has 0 heterocycles. The minimum Gasteiger partial charge on any atom is -0.372 e. The van der Waals surface area contributed by atoms with Crippen LogP contribution in [-0.4, -0.2) is 31.1 Å². The lowest BCUT2D eigenvalue weighted by molar-refractivity contribution is -0.384. The van der Waals surface area contributed by atoms with Gasteiger partial charge in [0, 0.05) is 55.6 Å². The Balaban J connectivity index is 2.06. The van der Waals surface area contributed by atoms with Crippen molar-refractivity contribution in [1.29, 1.82) is 0 Å². The van der Waals surface area contributed by atoms with Crippen LogP contribution in [0.4, 0.5) is 17.1 Å². The summed E-state index contributed by atoms with van der Waals surface area (Å²) in [5.41, 5.74) is 5.66. The van der Waals surface area contributed by atoms with Crippen molar-refractivity contribution in [2.75, 3.05) is 36.0 Å². The smallest absolute Gasteiger partial charge is 0.269 e. The molecular weight excluding hydrogens is 398 g/mol. The monoisotopic (exact) mass is 431 g/mol. The molecule has 0 saturated heterocycles. The van der Waals surface area contributed by atoms with Crippen molar-refractivity contribution in [3.05, 3.63) is 99.6 Å². The fourth-order valence-electron chi connectivity index (χ4n) is 4.33. The fraction of sp³-hybridized carbons (Fsp3) is 0.333. The third-order valence-corrected chi connectivity index (χ3v) is 6.12. The van der Waals surface area contributed by atoms with E-state index >= 15 is 0 Å². The number of rotatable bonds is 10. The summed E-state index contributed by atoms with van der Waals surface area (Å²) in [6.45, 7) is 12.4. The van der Waals surface area contributed by atoms with Crippen molar-refractivity contribution in [3.63, 3.8) is 0 Å². The molecule has 0 unspecified atom stereocenters. The maximum absolute atomic E-state index is 11.4. The topological polar surface area (TPSA) is 49.6 Å². The lowest BCUT2D eigenvalue weighted by Crippen LogP contribution is -2.21. The molecule has 3 aromatic carbocycles. The quantitative estimate of drug-likeness (QED) is 0.210. The van der Waals surface area contributed by atoms with E-state index in [1.54, 1.807) is 18.2 Å². The Morgan fingerprint density at radius 1 is 0.688 bits per heavy atom. The highest BCUT2D eigenvalue weighted by Gasteiger charge is 2.20. The first-order chi connectivity index (χ1) is 15.5. The van der Waals surface area contributed by atoms with E-state index in [1.165, 1.54) is 11.4 Å². The van der Waals surface area contributed by atoms with E-state index in [2.05, 4.69) is 86.0 Å². The third kappa shape index (κ3) is 5.10. The van der Waals surface area contributed by atoms with Gasteiger partial charge >= 0.3 is 0 Å². The molecule has 0 N–H and O–H groups in total. The predicted octanol–water partition coefficient (Wildman–Crippen LogP) is 6.47. The Bertz CT molecular complexity index is 952. The van der Waals surface area contributed by atoms with Crippen LogP contribution in [0.25, 0.3) is 0 Å². The molecule has 3 rings (SSSR count). The molecular formula is C27H33N3O2. The molecule has 0 spiro atoms. The molecule has 168 valence electrons. The molecule has 0 aliphatic rings. The molecule has 0 fully saturated rings. The van der Waals surface area contributed by atoms with Gasteiger partial charge < -0.3 is 9.80 Å². The standard InChI is InChI=1S/C27H33N3O2/c1-5-28(6-2)24-16-12-21(13-17-24)27(23-10-9-11-26(20-23)30(31)32)22-14-18-25(19-15-22)29(7-3)8-4/h9-20,27H,5-8H2,1-4H3. The minimum atomic E-state index is -0.326. The van der Waals surface area contributed by atoms with Crippen molar-refractivity contribution in [3.8, 4) is 0 Å². The van der Waals surface area contributed by atoms with Gasteiger partial charge in [-0.2, -0.15) is 0 Å². The number of non-ortho nitro benzene ring substituents is 1. The summed E-state index contributed by atoms with van der Waals surface area (Å²) in [5, 5.41) is 11.4. The highest BCUT2D eigenvalue weighted by atomic mass is 16.6. The third-order valence-electron chi connectivity index (χ3n) is 6.12. The summed E-state index contributed by atoms with van der Waals surface area (Å²) in [6.07, 6.45) is 0. The molecule has 32 heavy (non-hydrogen) atoms. The van der Waals surface area contributed by atoms with E-state index in [0.717, 1.165) is 42.9 Å². The van der Waals surface area contributed by atoms with E-state index < -0.39 is 0 Å². The number of anilines is 2. The molecule has 0 amide bonds. The second-order valence-corrected chi connectivity index (χ2v) is 7.81. The highest BCUT2D eigenvalue weighted by molar-refractivity contribution is 5.55. The largest absolute Gasteiger partial charge is 0.372 e. The van der Waals surface area contributed by atoms with Gasteiger partial charge in [-0.15, -0.1) is 0 Å². The molecule has 5 heteroatoms. The van der Waals surface area contributed by atoms with Crippen molar-refractivity contribution in [2.24, 2.45) is 0 Å². The average Bonchev–Trinajstić information content (AvgIpc) is 2.83. The van der Waals surface area contributed by atoms with Gasteiger partial charge in [-0.25, -0.2) is 0 Å². The number of nitro groups is 1. The first-order valence-corrected chi connectivity index (χ1v) is 11.5. The SMILES string of the molecule is CCN(CC)c1ccc(C(c2ccc(N(CC)CC)cc2)c2cccc([N+](=O)[O-])c2)cc1. The number of benzene rings is 3. The van der Waals surface area contributed by atoms with Crippen LogP contribution >= 0.6 is 0 Å². The van der Waals surface area contributed by atoms with Crippen LogP contribution in [0, 0.1) is 10.1 Å². The van der Waals surface area contributed by atoms with Crippen molar-refractivity contribution < 1.29 is 4.92 Å². The summed E-state index contributed by atoms with van der Waals surface area (Å²) in [7, 11) is 0. The van der Waals surface area contributed by atoms with E-state index in [0.29, 0.717) is 0 Å². The zero-order chi connectivity index (χ0) is 23.1. The maximum atomic E-state index is 11.4.